The molecule has 0 saturated carbocycles. The van der Waals surface area contributed by atoms with Crippen LogP contribution in [0.15, 0.2) is 0 Å². The molecule has 6 heteroatoms. The van der Waals surface area contributed by atoms with Gasteiger partial charge >= 0.3 is 65.3 Å². The fraction of sp³-hybridized carbons (Fsp3) is 0.500. The Morgan fingerprint density at radius 3 is 1.62 bits per heavy atom. The molecule has 2 nitrogen and oxygen atoms in total. The van der Waals surface area contributed by atoms with Gasteiger partial charge in [-0.05, 0) is 0 Å². The van der Waals surface area contributed by atoms with Crippen molar-refractivity contribution in [3.8, 4) is 0 Å². The summed E-state index contributed by atoms with van der Waals surface area (Å²) in [4.78, 5) is 0. The molecule has 0 aromatic carbocycles. The monoisotopic (exact) mass is 499 g/mol. The Labute approximate surface area is 88.3 Å². The van der Waals surface area contributed by atoms with Crippen LogP contribution in [0.4, 0.5) is 0 Å². The van der Waals surface area contributed by atoms with Crippen molar-refractivity contribution in [1.82, 2.24) is 5.43 Å². The molecule has 0 atom stereocenters. The molecular formula is C2H7CoI3N2-. The molecule has 0 aliphatic rings. The first-order valence-corrected chi connectivity index (χ1v) is 11.6. The zero-order valence-corrected chi connectivity index (χ0v) is 11.5. The molecule has 0 unspecified atom stereocenters. The Morgan fingerprint density at radius 2 is 1.62 bits per heavy atom. The Morgan fingerprint density at radius 1 is 1.50 bits per heavy atom. The molecule has 0 aromatic heterocycles. The molecular weight excluding hydrogens is 492 g/mol. The normalized spacial score (nSPS) is 9.38. The van der Waals surface area contributed by atoms with Gasteiger partial charge in [0.2, 0.25) is 0 Å². The maximum absolute atomic E-state index is 4.72. The van der Waals surface area contributed by atoms with Crippen molar-refractivity contribution in [3.05, 3.63) is 6.92 Å². The first-order chi connectivity index (χ1) is 3.65. The van der Waals surface area contributed by atoms with Crippen LogP contribution in [0.25, 0.3) is 0 Å². The van der Waals surface area contributed by atoms with E-state index in [1.54, 1.807) is 0 Å². The Kier molecular flexibility index (Phi) is 20.3. The van der Waals surface area contributed by atoms with Gasteiger partial charge in [0.1, 0.15) is 0 Å². The molecule has 56 valence electrons. The molecule has 0 aliphatic heterocycles. The van der Waals surface area contributed by atoms with Crippen molar-refractivity contribution < 1.29 is 4.00 Å². The Bertz CT molecular complexity index is 31.7. The van der Waals surface area contributed by atoms with Crippen LogP contribution in [0.3, 0.4) is 0 Å². The summed E-state index contributed by atoms with van der Waals surface area (Å²) in [6.07, 6.45) is 0. The van der Waals surface area contributed by atoms with E-state index < -0.39 is 0 Å². The van der Waals surface area contributed by atoms with Gasteiger partial charge in [-0.15, -0.1) is 6.54 Å². The predicted octanol–water partition coefficient (Wildman–Crippen LogP) is 1.94. The maximum atomic E-state index is 4.72. The van der Waals surface area contributed by atoms with Crippen molar-refractivity contribution in [2.45, 2.75) is 0 Å². The number of nitrogens with one attached hydrogen (secondary N) is 1. The summed E-state index contributed by atoms with van der Waals surface area (Å²) in [5.41, 5.74) is 2.32. The average molecular weight is 499 g/mol. The quantitative estimate of drug-likeness (QED) is 0.251. The third-order valence-electron chi connectivity index (χ3n) is 0.144. The van der Waals surface area contributed by atoms with Crippen LogP contribution in [0, 0.1) is 6.92 Å². The SMILES string of the molecule is [CH2-]CNN.[I][Co]([I])[I]. The van der Waals surface area contributed by atoms with E-state index in [9.17, 15) is 0 Å². The Hall–Kier alpha value is 2.62. The third-order valence-corrected chi connectivity index (χ3v) is 0.144. The summed E-state index contributed by atoms with van der Waals surface area (Å²) >= 11 is 7.14. The molecule has 0 amide bonds. The van der Waals surface area contributed by atoms with Crippen LogP contribution in [0.5, 0.6) is 0 Å². The molecule has 0 saturated heterocycles. The second-order valence-corrected chi connectivity index (χ2v) is 27.0. The van der Waals surface area contributed by atoms with E-state index in [4.69, 9.17) is 5.84 Å². The van der Waals surface area contributed by atoms with Gasteiger partial charge in [-0.3, -0.25) is 11.3 Å². The number of rotatable bonds is 1. The number of hydrogen-bond acceptors (Lipinski definition) is 2. The molecule has 0 heterocycles. The minimum atomic E-state index is 0.306. The topological polar surface area (TPSA) is 38.0 Å². The van der Waals surface area contributed by atoms with E-state index in [1.807, 2.05) is 0 Å². The van der Waals surface area contributed by atoms with Gasteiger partial charge in [0.05, 0.1) is 0 Å². The summed E-state index contributed by atoms with van der Waals surface area (Å²) in [5.74, 6) is 4.72. The average Bonchev–Trinajstić information content (AvgIpc) is 1.65. The van der Waals surface area contributed by atoms with Gasteiger partial charge in [-0.2, -0.15) is 0 Å². The molecule has 3 N–H and O–H groups in total. The Balaban J connectivity index is 0. The summed E-state index contributed by atoms with van der Waals surface area (Å²) in [7, 11) is 0. The number of hydrazine groups is 1. The first-order valence-electron chi connectivity index (χ1n) is 1.52. The second kappa shape index (κ2) is 12.3. The minimum absolute atomic E-state index is 0.306. The molecule has 0 fully saturated rings. The van der Waals surface area contributed by atoms with Gasteiger partial charge in [-0.1, -0.05) is 0 Å². The summed E-state index contributed by atoms with van der Waals surface area (Å²) < 4.78 is 0.306. The third kappa shape index (κ3) is 38.2. The zero-order valence-electron chi connectivity index (χ0n) is 3.96. The van der Waals surface area contributed by atoms with E-state index in [0.29, 0.717) is 10.5 Å². The van der Waals surface area contributed by atoms with Crippen LogP contribution < -0.4 is 11.3 Å². The van der Waals surface area contributed by atoms with E-state index >= 15 is 0 Å². The van der Waals surface area contributed by atoms with Crippen molar-refractivity contribution >= 4 is 61.2 Å². The summed E-state index contributed by atoms with van der Waals surface area (Å²) in [6.45, 7) is 3.97. The molecule has 0 aliphatic carbocycles. The van der Waals surface area contributed by atoms with E-state index in [0.717, 1.165) is 0 Å². The van der Waals surface area contributed by atoms with Crippen molar-refractivity contribution in [3.63, 3.8) is 0 Å². The van der Waals surface area contributed by atoms with Gasteiger partial charge in [0.15, 0.2) is 0 Å². The van der Waals surface area contributed by atoms with Crippen molar-refractivity contribution in [2.24, 2.45) is 5.84 Å². The molecule has 0 rings (SSSR count). The molecule has 0 radical (unpaired) electrons. The number of nitrogens with two attached hydrogens (primary N) is 1. The van der Waals surface area contributed by atoms with Crippen molar-refractivity contribution in [2.75, 3.05) is 6.54 Å². The molecule has 8 heavy (non-hydrogen) atoms. The summed E-state index contributed by atoms with van der Waals surface area (Å²) in [6, 6.07) is 0. The first kappa shape index (κ1) is 13.2. The standard InChI is InChI=1S/C2H7N2.Co.3HI/c1-2-4-3;;;;/h4H,1-3H2;;3*1H/q-1;+3;;;/p-3. The van der Waals surface area contributed by atoms with Gasteiger partial charge in [0.25, 0.3) is 0 Å². The van der Waals surface area contributed by atoms with Crippen molar-refractivity contribution in [1.29, 1.82) is 0 Å². The molecule has 0 bridgehead atoms. The fourth-order valence-electron chi connectivity index (χ4n) is 0. The van der Waals surface area contributed by atoms with Gasteiger partial charge < -0.3 is 6.92 Å². The second-order valence-electron chi connectivity index (χ2n) is 0.597. The predicted molar refractivity (Wildman–Crippen MR) is 59.6 cm³/mol. The van der Waals surface area contributed by atoms with Crippen LogP contribution in [-0.4, -0.2) is 6.54 Å². The number of halogens is 3. The molecule has 0 aromatic rings. The number of hydrogen-bond donors (Lipinski definition) is 2. The van der Waals surface area contributed by atoms with Crippen LogP contribution in [-0.2, 0) is 4.00 Å². The van der Waals surface area contributed by atoms with Gasteiger partial charge in [0, 0.05) is 0 Å². The van der Waals surface area contributed by atoms with Gasteiger partial charge in [-0.25, -0.2) is 0 Å². The van der Waals surface area contributed by atoms with E-state index in [-0.39, 0.29) is 0 Å². The summed E-state index contributed by atoms with van der Waals surface area (Å²) in [5, 5.41) is 0. The zero-order chi connectivity index (χ0) is 6.99. The van der Waals surface area contributed by atoms with Crippen LogP contribution in [0.2, 0.25) is 0 Å². The van der Waals surface area contributed by atoms with Crippen LogP contribution >= 0.6 is 61.2 Å². The fourth-order valence-corrected chi connectivity index (χ4v) is 0. The van der Waals surface area contributed by atoms with E-state index in [2.05, 4.69) is 73.6 Å². The van der Waals surface area contributed by atoms with E-state index in [1.165, 1.54) is 0 Å². The molecule has 0 spiro atoms. The van der Waals surface area contributed by atoms with Crippen LogP contribution in [0.1, 0.15) is 0 Å².